The number of rotatable bonds is 5. The van der Waals surface area contributed by atoms with Crippen molar-refractivity contribution in [3.8, 4) is 17.1 Å². The van der Waals surface area contributed by atoms with Crippen LogP contribution in [0.1, 0.15) is 11.1 Å². The fourth-order valence-corrected chi connectivity index (χ4v) is 4.01. The summed E-state index contributed by atoms with van der Waals surface area (Å²) in [7, 11) is 3.56. The van der Waals surface area contributed by atoms with E-state index in [2.05, 4.69) is 10.2 Å². The van der Waals surface area contributed by atoms with Crippen LogP contribution in [0.4, 0.5) is 0 Å². The third-order valence-corrected chi connectivity index (χ3v) is 5.59. The van der Waals surface area contributed by atoms with Crippen LogP contribution in [0.5, 0.6) is 5.75 Å². The number of nitrogens with zero attached hydrogens (tertiary/aromatic N) is 3. The molecular formula is C21H19N3O3S. The van der Waals surface area contributed by atoms with Gasteiger partial charge in [-0.3, -0.25) is 0 Å². The summed E-state index contributed by atoms with van der Waals surface area (Å²) in [4.78, 5) is 11.9. The Kier molecular flexibility index (Phi) is 4.92. The molecule has 0 aliphatic rings. The average Bonchev–Trinajstić information content (AvgIpc) is 3.05. The number of benzene rings is 2. The number of methoxy groups -OCH3 is 1. The van der Waals surface area contributed by atoms with Crippen molar-refractivity contribution < 1.29 is 9.15 Å². The fourth-order valence-electron chi connectivity index (χ4n) is 3.10. The van der Waals surface area contributed by atoms with Gasteiger partial charge in [0.25, 0.3) is 0 Å². The van der Waals surface area contributed by atoms with E-state index >= 15 is 0 Å². The molecule has 28 heavy (non-hydrogen) atoms. The molecule has 0 spiro atoms. The van der Waals surface area contributed by atoms with Gasteiger partial charge in [-0.15, -0.1) is 10.2 Å². The quantitative estimate of drug-likeness (QED) is 0.374. The van der Waals surface area contributed by atoms with Crippen molar-refractivity contribution in [2.75, 3.05) is 7.11 Å². The molecule has 6 nitrogen and oxygen atoms in total. The van der Waals surface area contributed by atoms with E-state index in [1.165, 1.54) is 11.8 Å². The van der Waals surface area contributed by atoms with Gasteiger partial charge < -0.3 is 13.7 Å². The third kappa shape index (κ3) is 3.41. The summed E-state index contributed by atoms with van der Waals surface area (Å²) in [5.41, 5.74) is 3.11. The van der Waals surface area contributed by atoms with Gasteiger partial charge in [-0.1, -0.05) is 36.0 Å². The maximum atomic E-state index is 11.9. The van der Waals surface area contributed by atoms with Gasteiger partial charge >= 0.3 is 5.63 Å². The zero-order valence-corrected chi connectivity index (χ0v) is 16.6. The van der Waals surface area contributed by atoms with Crippen molar-refractivity contribution in [2.45, 2.75) is 17.8 Å². The Morgan fingerprint density at radius 1 is 1.14 bits per heavy atom. The molecule has 0 amide bonds. The van der Waals surface area contributed by atoms with Gasteiger partial charge in [-0.05, 0) is 36.2 Å². The second-order valence-electron chi connectivity index (χ2n) is 6.44. The number of fused-ring (bicyclic) bond motifs is 1. The first-order valence-electron chi connectivity index (χ1n) is 8.76. The van der Waals surface area contributed by atoms with Gasteiger partial charge in [0, 0.05) is 24.3 Å². The lowest BCUT2D eigenvalue weighted by molar-refractivity contribution is 0.416. The van der Waals surface area contributed by atoms with Crippen LogP contribution in [-0.2, 0) is 12.8 Å². The Labute approximate surface area is 166 Å². The molecule has 0 saturated heterocycles. The molecule has 4 aromatic rings. The Balaban J connectivity index is 1.64. The monoisotopic (exact) mass is 393 g/mol. The maximum Gasteiger partial charge on any atom is 0.336 e. The first-order valence-corrected chi connectivity index (χ1v) is 9.74. The molecule has 2 heterocycles. The van der Waals surface area contributed by atoms with Crippen molar-refractivity contribution in [3.63, 3.8) is 0 Å². The molecule has 0 bridgehead atoms. The highest BCUT2D eigenvalue weighted by molar-refractivity contribution is 7.98. The van der Waals surface area contributed by atoms with Crippen LogP contribution in [0.25, 0.3) is 22.4 Å². The zero-order valence-electron chi connectivity index (χ0n) is 15.8. The predicted molar refractivity (Wildman–Crippen MR) is 110 cm³/mol. The van der Waals surface area contributed by atoms with Gasteiger partial charge in [0.15, 0.2) is 11.0 Å². The summed E-state index contributed by atoms with van der Waals surface area (Å²) in [6, 6.07) is 15.1. The number of ether oxygens (including phenoxy) is 1. The minimum atomic E-state index is -0.346. The van der Waals surface area contributed by atoms with Gasteiger partial charge in [-0.25, -0.2) is 4.79 Å². The summed E-state index contributed by atoms with van der Waals surface area (Å²) in [6.45, 7) is 1.97. The number of thioether (sulfide) groups is 1. The van der Waals surface area contributed by atoms with Gasteiger partial charge in [-0.2, -0.15) is 0 Å². The molecule has 0 aliphatic carbocycles. The highest BCUT2D eigenvalue weighted by Gasteiger charge is 2.15. The lowest BCUT2D eigenvalue weighted by atomic mass is 10.1. The van der Waals surface area contributed by atoms with Crippen molar-refractivity contribution in [1.29, 1.82) is 0 Å². The molecule has 0 N–H and O–H groups in total. The van der Waals surface area contributed by atoms with E-state index in [0.29, 0.717) is 11.3 Å². The smallest absolute Gasteiger partial charge is 0.336 e. The van der Waals surface area contributed by atoms with E-state index in [9.17, 15) is 4.79 Å². The largest absolute Gasteiger partial charge is 0.496 e. The molecule has 2 aromatic carbocycles. The topological polar surface area (TPSA) is 70.2 Å². The fraction of sp³-hybridized carbons (Fsp3) is 0.190. The number of aromatic nitrogens is 3. The standard InChI is InChI=1S/C21H19N3O3S/c1-13-8-9-15-14(11-19(25)27-18(15)10-13)12-28-21-23-22-20(24(21)2)16-6-4-5-7-17(16)26-3/h4-11H,12H2,1-3H3. The molecule has 0 radical (unpaired) electrons. The van der Waals surface area contributed by atoms with Crippen LogP contribution in [0, 0.1) is 6.92 Å². The zero-order chi connectivity index (χ0) is 19.7. The highest BCUT2D eigenvalue weighted by Crippen LogP contribution is 2.31. The van der Waals surface area contributed by atoms with Crippen LogP contribution in [0.3, 0.4) is 0 Å². The molecule has 0 saturated carbocycles. The van der Waals surface area contributed by atoms with Crippen LogP contribution in [0.2, 0.25) is 0 Å². The molecular weight excluding hydrogens is 374 g/mol. The van der Waals surface area contributed by atoms with E-state index in [1.54, 1.807) is 13.2 Å². The molecule has 0 fully saturated rings. The molecule has 0 unspecified atom stereocenters. The van der Waals surface area contributed by atoms with Gasteiger partial charge in [0.1, 0.15) is 11.3 Å². The molecule has 142 valence electrons. The van der Waals surface area contributed by atoms with Crippen LogP contribution in [-0.4, -0.2) is 21.9 Å². The summed E-state index contributed by atoms with van der Waals surface area (Å²) >= 11 is 1.52. The summed E-state index contributed by atoms with van der Waals surface area (Å²) in [5.74, 6) is 2.06. The van der Waals surface area contributed by atoms with Crippen molar-refractivity contribution in [2.24, 2.45) is 7.05 Å². The maximum absolute atomic E-state index is 11.9. The first-order chi connectivity index (χ1) is 13.6. The van der Waals surface area contributed by atoms with Gasteiger partial charge in [0.05, 0.1) is 12.7 Å². The number of hydrogen-bond acceptors (Lipinski definition) is 6. The Morgan fingerprint density at radius 2 is 1.96 bits per heavy atom. The summed E-state index contributed by atoms with van der Waals surface area (Å²) in [5, 5.41) is 10.3. The van der Waals surface area contributed by atoms with Crippen LogP contribution < -0.4 is 10.4 Å². The van der Waals surface area contributed by atoms with E-state index in [1.807, 2.05) is 61.0 Å². The lowest BCUT2D eigenvalue weighted by Crippen LogP contribution is -2.01. The van der Waals surface area contributed by atoms with E-state index in [-0.39, 0.29) is 5.63 Å². The normalized spacial score (nSPS) is 11.1. The second kappa shape index (κ2) is 7.52. The van der Waals surface area contributed by atoms with E-state index in [0.717, 1.165) is 38.8 Å². The SMILES string of the molecule is COc1ccccc1-c1nnc(SCc2cc(=O)oc3cc(C)ccc23)n1C. The van der Waals surface area contributed by atoms with Crippen molar-refractivity contribution in [1.82, 2.24) is 14.8 Å². The molecule has 7 heteroatoms. The van der Waals surface area contributed by atoms with E-state index < -0.39 is 0 Å². The average molecular weight is 393 g/mol. The van der Waals surface area contributed by atoms with Crippen molar-refractivity contribution >= 4 is 22.7 Å². The first kappa shape index (κ1) is 18.3. The minimum absolute atomic E-state index is 0.346. The van der Waals surface area contributed by atoms with Gasteiger partial charge in [0.2, 0.25) is 0 Å². The number of hydrogen-bond donors (Lipinski definition) is 0. The van der Waals surface area contributed by atoms with Crippen molar-refractivity contribution in [3.05, 3.63) is 70.1 Å². The molecule has 0 aliphatic heterocycles. The molecule has 4 rings (SSSR count). The van der Waals surface area contributed by atoms with E-state index in [4.69, 9.17) is 9.15 Å². The summed E-state index contributed by atoms with van der Waals surface area (Å²) in [6.07, 6.45) is 0. The second-order valence-corrected chi connectivity index (χ2v) is 7.39. The Bertz CT molecular complexity index is 1210. The van der Waals surface area contributed by atoms with Crippen LogP contribution >= 0.6 is 11.8 Å². The Morgan fingerprint density at radius 3 is 2.79 bits per heavy atom. The van der Waals surface area contributed by atoms with Crippen LogP contribution in [0.15, 0.2) is 62.9 Å². The highest BCUT2D eigenvalue weighted by atomic mass is 32.2. The molecule has 0 atom stereocenters. The molecule has 2 aromatic heterocycles. The summed E-state index contributed by atoms with van der Waals surface area (Å²) < 4.78 is 12.7. The predicted octanol–water partition coefficient (Wildman–Crippen LogP) is 4.20. The number of aryl methyl sites for hydroxylation is 1. The minimum Gasteiger partial charge on any atom is -0.496 e. The number of para-hydroxylation sites is 1. The lowest BCUT2D eigenvalue weighted by Gasteiger charge is -2.08. The third-order valence-electron chi connectivity index (χ3n) is 4.53. The Hall–Kier alpha value is -3.06.